The van der Waals surface area contributed by atoms with Crippen LogP contribution in [0, 0.1) is 17.2 Å². The highest BCUT2D eigenvalue weighted by Gasteiger charge is 2.33. The Balaban J connectivity index is 0.00000220. The summed E-state index contributed by atoms with van der Waals surface area (Å²) in [5, 5.41) is 8.85. The zero-order valence-corrected chi connectivity index (χ0v) is 13.3. The van der Waals surface area contributed by atoms with Crippen LogP contribution in [0.2, 0.25) is 0 Å². The van der Waals surface area contributed by atoms with Crippen LogP contribution in [0.4, 0.5) is 0 Å². The average Bonchev–Trinajstić information content (AvgIpc) is 2.96. The standard InChI is InChI=1S/C13H17N3O3S.ClH/c1-19-12-6-10(7-14)2-3-13(12)20(17,18)16-5-4-11(8-15)9-16;/h2-3,6,11H,4-5,8-9,15H2,1H3;1H. The third-order valence-electron chi connectivity index (χ3n) is 3.49. The molecule has 116 valence electrons. The molecule has 2 rings (SSSR count). The van der Waals surface area contributed by atoms with Gasteiger partial charge in [-0.3, -0.25) is 0 Å². The minimum Gasteiger partial charge on any atom is -0.495 e. The monoisotopic (exact) mass is 331 g/mol. The van der Waals surface area contributed by atoms with Crippen molar-refractivity contribution in [3.8, 4) is 11.8 Å². The number of hydrogen-bond donors (Lipinski definition) is 1. The van der Waals surface area contributed by atoms with Gasteiger partial charge in [-0.25, -0.2) is 8.42 Å². The number of nitriles is 1. The molecule has 8 heteroatoms. The minimum absolute atomic E-state index is 0. The molecule has 1 aromatic carbocycles. The fourth-order valence-electron chi connectivity index (χ4n) is 2.30. The lowest BCUT2D eigenvalue weighted by molar-refractivity contribution is 0.397. The topological polar surface area (TPSA) is 96.4 Å². The Labute approximate surface area is 130 Å². The van der Waals surface area contributed by atoms with E-state index in [0.717, 1.165) is 6.42 Å². The molecule has 1 saturated heterocycles. The van der Waals surface area contributed by atoms with E-state index in [9.17, 15) is 8.42 Å². The van der Waals surface area contributed by atoms with Crippen molar-refractivity contribution in [1.29, 1.82) is 5.26 Å². The molecule has 0 aliphatic carbocycles. The van der Waals surface area contributed by atoms with E-state index in [2.05, 4.69) is 0 Å². The van der Waals surface area contributed by atoms with Gasteiger partial charge in [-0.1, -0.05) is 0 Å². The van der Waals surface area contributed by atoms with Gasteiger partial charge in [0, 0.05) is 13.1 Å². The Hall–Kier alpha value is -1.33. The van der Waals surface area contributed by atoms with Gasteiger partial charge in [-0.15, -0.1) is 12.4 Å². The first kappa shape index (κ1) is 17.7. The summed E-state index contributed by atoms with van der Waals surface area (Å²) in [7, 11) is -2.22. The SMILES string of the molecule is COc1cc(C#N)ccc1S(=O)(=O)N1CCC(CN)C1.Cl. The Morgan fingerprint density at radius 3 is 2.76 bits per heavy atom. The van der Waals surface area contributed by atoms with Crippen molar-refractivity contribution in [1.82, 2.24) is 4.31 Å². The van der Waals surface area contributed by atoms with Gasteiger partial charge in [0.1, 0.15) is 10.6 Å². The van der Waals surface area contributed by atoms with Crippen molar-refractivity contribution in [2.75, 3.05) is 26.7 Å². The summed E-state index contributed by atoms with van der Waals surface area (Å²) in [6.07, 6.45) is 0.772. The van der Waals surface area contributed by atoms with Gasteiger partial charge in [0.05, 0.1) is 18.7 Å². The quantitative estimate of drug-likeness (QED) is 0.886. The molecule has 0 radical (unpaired) electrons. The first-order valence-electron chi connectivity index (χ1n) is 6.31. The third-order valence-corrected chi connectivity index (χ3v) is 5.40. The van der Waals surface area contributed by atoms with Gasteiger partial charge in [0.15, 0.2) is 0 Å². The summed E-state index contributed by atoms with van der Waals surface area (Å²) in [5.41, 5.74) is 5.95. The van der Waals surface area contributed by atoms with Gasteiger partial charge in [-0.05, 0) is 37.1 Å². The summed E-state index contributed by atoms with van der Waals surface area (Å²) >= 11 is 0. The van der Waals surface area contributed by atoms with Crippen molar-refractivity contribution in [2.45, 2.75) is 11.3 Å². The molecular weight excluding hydrogens is 314 g/mol. The van der Waals surface area contributed by atoms with Gasteiger partial charge in [-0.2, -0.15) is 9.57 Å². The third kappa shape index (κ3) is 3.47. The summed E-state index contributed by atoms with van der Waals surface area (Å²) in [5.74, 6) is 0.398. The van der Waals surface area contributed by atoms with Crippen LogP contribution in [0.15, 0.2) is 23.1 Å². The molecule has 0 spiro atoms. The van der Waals surface area contributed by atoms with Gasteiger partial charge in [0.2, 0.25) is 10.0 Å². The lowest BCUT2D eigenvalue weighted by atomic mass is 10.1. The highest BCUT2D eigenvalue weighted by atomic mass is 35.5. The molecule has 1 heterocycles. The van der Waals surface area contributed by atoms with E-state index in [1.165, 1.54) is 29.6 Å². The van der Waals surface area contributed by atoms with Crippen molar-refractivity contribution >= 4 is 22.4 Å². The maximum Gasteiger partial charge on any atom is 0.246 e. The summed E-state index contributed by atoms with van der Waals surface area (Å²) < 4.78 is 31.7. The van der Waals surface area contributed by atoms with Gasteiger partial charge < -0.3 is 10.5 Å². The van der Waals surface area contributed by atoms with Crippen LogP contribution in [-0.4, -0.2) is 39.5 Å². The van der Waals surface area contributed by atoms with E-state index < -0.39 is 10.0 Å². The normalized spacial score (nSPS) is 18.8. The Morgan fingerprint density at radius 1 is 1.52 bits per heavy atom. The summed E-state index contributed by atoms with van der Waals surface area (Å²) in [6.45, 7) is 1.38. The first-order valence-corrected chi connectivity index (χ1v) is 7.75. The van der Waals surface area contributed by atoms with Crippen LogP contribution < -0.4 is 10.5 Å². The molecule has 1 aliphatic heterocycles. The molecule has 1 aromatic rings. The number of ether oxygens (including phenoxy) is 1. The molecular formula is C13H18ClN3O3S. The maximum atomic E-state index is 12.6. The van der Waals surface area contributed by atoms with E-state index in [0.29, 0.717) is 25.2 Å². The number of nitrogens with two attached hydrogens (primary N) is 1. The molecule has 1 aliphatic rings. The molecule has 1 fully saturated rings. The highest BCUT2D eigenvalue weighted by Crippen LogP contribution is 2.30. The zero-order chi connectivity index (χ0) is 14.8. The number of rotatable bonds is 4. The number of halogens is 1. The van der Waals surface area contributed by atoms with E-state index in [1.54, 1.807) is 0 Å². The molecule has 0 saturated carbocycles. The second-order valence-electron chi connectivity index (χ2n) is 4.73. The van der Waals surface area contributed by atoms with E-state index in [1.807, 2.05) is 6.07 Å². The molecule has 0 bridgehead atoms. The van der Waals surface area contributed by atoms with Crippen LogP contribution in [0.5, 0.6) is 5.75 Å². The van der Waals surface area contributed by atoms with Crippen LogP contribution in [0.1, 0.15) is 12.0 Å². The van der Waals surface area contributed by atoms with Gasteiger partial charge in [0.25, 0.3) is 0 Å². The second kappa shape index (κ2) is 7.09. The summed E-state index contributed by atoms with van der Waals surface area (Å²) in [4.78, 5) is 0.0941. The lowest BCUT2D eigenvalue weighted by Crippen LogP contribution is -2.30. The Morgan fingerprint density at radius 2 is 2.24 bits per heavy atom. The number of methoxy groups -OCH3 is 1. The number of sulfonamides is 1. The van der Waals surface area contributed by atoms with Crippen molar-refractivity contribution in [3.63, 3.8) is 0 Å². The van der Waals surface area contributed by atoms with Crippen LogP contribution >= 0.6 is 12.4 Å². The maximum absolute atomic E-state index is 12.6. The zero-order valence-electron chi connectivity index (χ0n) is 11.7. The van der Waals surface area contributed by atoms with Gasteiger partial charge >= 0.3 is 0 Å². The number of benzene rings is 1. The van der Waals surface area contributed by atoms with E-state index in [4.69, 9.17) is 15.7 Å². The number of hydrogen-bond acceptors (Lipinski definition) is 5. The predicted octanol–water partition coefficient (Wildman–Crippen LogP) is 0.958. The van der Waals surface area contributed by atoms with E-state index >= 15 is 0 Å². The molecule has 0 amide bonds. The average molecular weight is 332 g/mol. The fraction of sp³-hybridized carbons (Fsp3) is 0.462. The Kier molecular flexibility index (Phi) is 5.98. The highest BCUT2D eigenvalue weighted by molar-refractivity contribution is 7.89. The van der Waals surface area contributed by atoms with Crippen molar-refractivity contribution in [2.24, 2.45) is 11.7 Å². The van der Waals surface area contributed by atoms with Crippen molar-refractivity contribution < 1.29 is 13.2 Å². The van der Waals surface area contributed by atoms with E-state index in [-0.39, 0.29) is 29.0 Å². The molecule has 1 unspecified atom stereocenters. The smallest absolute Gasteiger partial charge is 0.246 e. The number of nitrogens with zero attached hydrogens (tertiary/aromatic N) is 2. The first-order chi connectivity index (χ1) is 9.52. The van der Waals surface area contributed by atoms with Crippen LogP contribution in [-0.2, 0) is 10.0 Å². The van der Waals surface area contributed by atoms with Crippen LogP contribution in [0.25, 0.3) is 0 Å². The fourth-order valence-corrected chi connectivity index (χ4v) is 3.96. The molecule has 2 N–H and O–H groups in total. The molecule has 1 atom stereocenters. The molecule has 0 aromatic heterocycles. The largest absolute Gasteiger partial charge is 0.495 e. The molecule has 6 nitrogen and oxygen atoms in total. The minimum atomic E-state index is -3.61. The predicted molar refractivity (Wildman–Crippen MR) is 80.9 cm³/mol. The Bertz CT molecular complexity index is 643. The molecule has 21 heavy (non-hydrogen) atoms. The lowest BCUT2D eigenvalue weighted by Gasteiger charge is -2.18. The van der Waals surface area contributed by atoms with Crippen LogP contribution in [0.3, 0.4) is 0 Å². The second-order valence-corrected chi connectivity index (χ2v) is 6.64. The summed E-state index contributed by atoms with van der Waals surface area (Å²) in [6, 6.07) is 6.29. The van der Waals surface area contributed by atoms with Crippen molar-refractivity contribution in [3.05, 3.63) is 23.8 Å².